The van der Waals surface area contributed by atoms with Gasteiger partial charge >= 0.3 is 0 Å². The fourth-order valence-electron chi connectivity index (χ4n) is 2.39. The van der Waals surface area contributed by atoms with Gasteiger partial charge in [0.25, 0.3) is 11.8 Å². The Labute approximate surface area is 139 Å². The summed E-state index contributed by atoms with van der Waals surface area (Å²) in [5.74, 6) is -0.969. The van der Waals surface area contributed by atoms with E-state index < -0.39 is 11.8 Å². The number of aryl methyl sites for hydroxylation is 2. The number of anilines is 2. The summed E-state index contributed by atoms with van der Waals surface area (Å²) in [6.45, 7) is 3.87. The van der Waals surface area contributed by atoms with E-state index >= 15 is 0 Å². The average Bonchev–Trinajstić information content (AvgIpc) is 2.73. The van der Waals surface area contributed by atoms with Crippen LogP contribution >= 0.6 is 11.6 Å². The van der Waals surface area contributed by atoms with Crippen LogP contribution in [0.5, 0.6) is 0 Å². The first-order chi connectivity index (χ1) is 11.0. The highest BCUT2D eigenvalue weighted by molar-refractivity contribution is 6.53. The lowest BCUT2D eigenvalue weighted by Gasteiger charge is -2.15. The molecule has 2 amide bonds. The highest BCUT2D eigenvalue weighted by atomic mass is 35.5. The van der Waals surface area contributed by atoms with Crippen molar-refractivity contribution in [1.82, 2.24) is 0 Å². The summed E-state index contributed by atoms with van der Waals surface area (Å²) >= 11 is 6.09. The van der Waals surface area contributed by atoms with Crippen LogP contribution in [-0.4, -0.2) is 11.8 Å². The molecule has 0 aliphatic carbocycles. The predicted octanol–water partition coefficient (Wildman–Crippen LogP) is 3.74. The Morgan fingerprint density at radius 3 is 2.26 bits per heavy atom. The van der Waals surface area contributed by atoms with Gasteiger partial charge in [-0.1, -0.05) is 41.4 Å². The molecule has 0 atom stereocenters. The summed E-state index contributed by atoms with van der Waals surface area (Å²) < 4.78 is 0. The van der Waals surface area contributed by atoms with Crippen molar-refractivity contribution in [3.63, 3.8) is 0 Å². The molecule has 0 bridgehead atoms. The van der Waals surface area contributed by atoms with Gasteiger partial charge < -0.3 is 5.32 Å². The lowest BCUT2D eigenvalue weighted by atomic mass is 10.2. The Bertz CT molecular complexity index is 825. The minimum Gasteiger partial charge on any atom is -0.350 e. The molecule has 2 aromatic carbocycles. The Morgan fingerprint density at radius 2 is 1.61 bits per heavy atom. The van der Waals surface area contributed by atoms with Crippen LogP contribution in [-0.2, 0) is 9.59 Å². The van der Waals surface area contributed by atoms with Crippen LogP contribution in [0.1, 0.15) is 11.1 Å². The number of imide groups is 1. The lowest BCUT2D eigenvalue weighted by Crippen LogP contribution is -2.32. The third-order valence-electron chi connectivity index (χ3n) is 3.61. The second-order valence-corrected chi connectivity index (χ2v) is 5.84. The van der Waals surface area contributed by atoms with E-state index in [2.05, 4.69) is 5.32 Å². The van der Waals surface area contributed by atoms with E-state index in [0.29, 0.717) is 11.4 Å². The highest BCUT2D eigenvalue weighted by Gasteiger charge is 2.38. The summed E-state index contributed by atoms with van der Waals surface area (Å²) in [6, 6.07) is 14.7. The summed E-state index contributed by atoms with van der Waals surface area (Å²) in [4.78, 5) is 26.1. The van der Waals surface area contributed by atoms with Crippen molar-refractivity contribution >= 4 is 34.8 Å². The van der Waals surface area contributed by atoms with Crippen molar-refractivity contribution in [2.45, 2.75) is 13.8 Å². The fraction of sp³-hybridized carbons (Fsp3) is 0.111. The molecule has 0 fully saturated rings. The standard InChI is InChI=1S/C18H15ClN2O2/c1-11-6-8-13(9-7-11)20-16-15(19)17(22)21(18(16)23)14-5-3-4-12(2)10-14/h3-10,20H,1-2H3. The van der Waals surface area contributed by atoms with E-state index in [9.17, 15) is 9.59 Å². The molecule has 0 saturated carbocycles. The molecule has 3 rings (SSSR count). The minimum atomic E-state index is -0.517. The minimum absolute atomic E-state index is 0.0991. The van der Waals surface area contributed by atoms with Gasteiger partial charge in [-0.05, 0) is 43.7 Å². The number of nitrogens with one attached hydrogen (secondary N) is 1. The Kier molecular flexibility index (Phi) is 3.92. The zero-order chi connectivity index (χ0) is 16.6. The summed E-state index contributed by atoms with van der Waals surface area (Å²) in [7, 11) is 0. The van der Waals surface area contributed by atoms with Crippen LogP contribution in [0.4, 0.5) is 11.4 Å². The van der Waals surface area contributed by atoms with Gasteiger partial charge in [-0.15, -0.1) is 0 Å². The quantitative estimate of drug-likeness (QED) is 0.874. The van der Waals surface area contributed by atoms with Crippen molar-refractivity contribution < 1.29 is 9.59 Å². The Balaban J connectivity index is 1.91. The van der Waals surface area contributed by atoms with Gasteiger partial charge in [0.05, 0.1) is 5.69 Å². The van der Waals surface area contributed by atoms with Gasteiger partial charge in [0.2, 0.25) is 0 Å². The summed E-state index contributed by atoms with van der Waals surface area (Å²) in [5, 5.41) is 2.85. The van der Waals surface area contributed by atoms with Gasteiger partial charge in [-0.2, -0.15) is 0 Å². The van der Waals surface area contributed by atoms with Gasteiger partial charge in [-0.3, -0.25) is 9.59 Å². The maximum absolute atomic E-state index is 12.6. The molecule has 2 aromatic rings. The van der Waals surface area contributed by atoms with Crippen LogP contribution in [0.15, 0.2) is 59.3 Å². The number of carbonyl (C=O) groups excluding carboxylic acids is 2. The normalized spacial score (nSPS) is 14.7. The molecule has 0 aromatic heterocycles. The number of benzene rings is 2. The topological polar surface area (TPSA) is 49.4 Å². The van der Waals surface area contributed by atoms with Crippen LogP contribution < -0.4 is 10.2 Å². The van der Waals surface area contributed by atoms with Crippen molar-refractivity contribution in [2.75, 3.05) is 10.2 Å². The van der Waals surface area contributed by atoms with Gasteiger partial charge in [-0.25, -0.2) is 4.90 Å². The van der Waals surface area contributed by atoms with E-state index in [1.165, 1.54) is 0 Å². The van der Waals surface area contributed by atoms with Crippen molar-refractivity contribution in [1.29, 1.82) is 0 Å². The van der Waals surface area contributed by atoms with Crippen LogP contribution in [0.25, 0.3) is 0 Å². The number of amides is 2. The van der Waals surface area contributed by atoms with Crippen molar-refractivity contribution in [3.8, 4) is 0 Å². The first kappa shape index (κ1) is 15.3. The van der Waals surface area contributed by atoms with E-state index in [0.717, 1.165) is 16.0 Å². The summed E-state index contributed by atoms with van der Waals surface area (Å²) in [5.41, 5.74) is 3.38. The molecule has 0 saturated heterocycles. The van der Waals surface area contributed by atoms with Crippen LogP contribution in [0.3, 0.4) is 0 Å². The molecule has 1 aliphatic rings. The molecule has 1 aliphatic heterocycles. The fourth-order valence-corrected chi connectivity index (χ4v) is 2.61. The molecule has 0 unspecified atom stereocenters. The maximum atomic E-state index is 12.6. The molecule has 116 valence electrons. The predicted molar refractivity (Wildman–Crippen MR) is 91.4 cm³/mol. The summed E-state index contributed by atoms with van der Waals surface area (Å²) in [6.07, 6.45) is 0. The molecule has 1 N–H and O–H groups in total. The lowest BCUT2D eigenvalue weighted by molar-refractivity contribution is -0.120. The van der Waals surface area contributed by atoms with Crippen LogP contribution in [0.2, 0.25) is 0 Å². The largest absolute Gasteiger partial charge is 0.350 e. The molecular formula is C18H15ClN2O2. The van der Waals surface area contributed by atoms with Crippen molar-refractivity contribution in [3.05, 3.63) is 70.4 Å². The van der Waals surface area contributed by atoms with Crippen LogP contribution in [0, 0.1) is 13.8 Å². The highest BCUT2D eigenvalue weighted by Crippen LogP contribution is 2.30. The van der Waals surface area contributed by atoms with E-state index in [1.807, 2.05) is 44.2 Å². The Morgan fingerprint density at radius 1 is 0.913 bits per heavy atom. The molecule has 1 heterocycles. The molecule has 0 radical (unpaired) electrons. The van der Waals surface area contributed by atoms with Crippen molar-refractivity contribution in [2.24, 2.45) is 0 Å². The van der Waals surface area contributed by atoms with E-state index in [-0.39, 0.29) is 10.7 Å². The molecule has 23 heavy (non-hydrogen) atoms. The SMILES string of the molecule is Cc1ccc(NC2=C(Cl)C(=O)N(c3cccc(C)c3)C2=O)cc1. The monoisotopic (exact) mass is 326 g/mol. The number of carbonyl (C=O) groups is 2. The third-order valence-corrected chi connectivity index (χ3v) is 3.96. The number of halogens is 1. The molecule has 4 nitrogen and oxygen atoms in total. The average molecular weight is 327 g/mol. The maximum Gasteiger partial charge on any atom is 0.283 e. The molecule has 0 spiro atoms. The van der Waals surface area contributed by atoms with Gasteiger partial charge in [0.1, 0.15) is 10.7 Å². The zero-order valence-electron chi connectivity index (χ0n) is 12.8. The second-order valence-electron chi connectivity index (χ2n) is 5.46. The Hall–Kier alpha value is -2.59. The number of hydrogen-bond donors (Lipinski definition) is 1. The van der Waals surface area contributed by atoms with E-state index in [1.54, 1.807) is 18.2 Å². The molecular weight excluding hydrogens is 312 g/mol. The second kappa shape index (κ2) is 5.89. The first-order valence-corrected chi connectivity index (χ1v) is 7.54. The third kappa shape index (κ3) is 2.85. The number of rotatable bonds is 3. The zero-order valence-corrected chi connectivity index (χ0v) is 13.5. The van der Waals surface area contributed by atoms with Gasteiger partial charge in [0.15, 0.2) is 0 Å². The van der Waals surface area contributed by atoms with E-state index in [4.69, 9.17) is 11.6 Å². The first-order valence-electron chi connectivity index (χ1n) is 7.16. The number of hydrogen-bond acceptors (Lipinski definition) is 3. The number of nitrogens with zero attached hydrogens (tertiary/aromatic N) is 1. The molecule has 5 heteroatoms. The van der Waals surface area contributed by atoms with Gasteiger partial charge in [0, 0.05) is 5.69 Å². The smallest absolute Gasteiger partial charge is 0.283 e.